The lowest BCUT2D eigenvalue weighted by Crippen LogP contribution is -2.58. The van der Waals surface area contributed by atoms with Crippen LogP contribution >= 0.6 is 0 Å². The van der Waals surface area contributed by atoms with Crippen molar-refractivity contribution < 1.29 is 15.0 Å². The summed E-state index contributed by atoms with van der Waals surface area (Å²) in [6.45, 7) is 4.09. The Morgan fingerprint density at radius 2 is 2.12 bits per heavy atom. The molecule has 1 heterocycles. The molecule has 1 fully saturated rings. The summed E-state index contributed by atoms with van der Waals surface area (Å²) in [5.41, 5.74) is -0.933. The minimum atomic E-state index is -0.933. The first kappa shape index (κ1) is 14.4. The molecular formula is C12H24N2O3. The van der Waals surface area contributed by atoms with E-state index in [2.05, 4.69) is 17.6 Å². The van der Waals surface area contributed by atoms with Crippen molar-refractivity contribution in [2.45, 2.75) is 44.7 Å². The SMILES string of the molecule is CCC1CCNC(C(=O)NC(C)(CO)CO)C1. The van der Waals surface area contributed by atoms with E-state index in [4.69, 9.17) is 10.2 Å². The van der Waals surface area contributed by atoms with Gasteiger partial charge in [0.2, 0.25) is 5.91 Å². The maximum atomic E-state index is 12.0. The van der Waals surface area contributed by atoms with Gasteiger partial charge in [-0.1, -0.05) is 13.3 Å². The van der Waals surface area contributed by atoms with Gasteiger partial charge in [0, 0.05) is 0 Å². The molecule has 17 heavy (non-hydrogen) atoms. The Kier molecular flexibility index (Phi) is 5.36. The Hall–Kier alpha value is -0.650. The van der Waals surface area contributed by atoms with E-state index in [0.29, 0.717) is 5.92 Å². The van der Waals surface area contributed by atoms with Crippen LogP contribution in [0.2, 0.25) is 0 Å². The van der Waals surface area contributed by atoms with Crippen LogP contribution in [-0.4, -0.2) is 47.5 Å². The molecule has 0 radical (unpaired) electrons. The van der Waals surface area contributed by atoms with Crippen LogP contribution in [0, 0.1) is 5.92 Å². The lowest BCUT2D eigenvalue weighted by atomic mass is 9.89. The highest BCUT2D eigenvalue weighted by molar-refractivity contribution is 5.82. The maximum Gasteiger partial charge on any atom is 0.237 e. The van der Waals surface area contributed by atoms with Crippen LogP contribution in [0.15, 0.2) is 0 Å². The standard InChI is InChI=1S/C12H24N2O3/c1-3-9-4-5-13-10(6-9)11(17)14-12(2,7-15)8-16/h9-10,13,15-16H,3-8H2,1-2H3,(H,14,17). The van der Waals surface area contributed by atoms with Crippen LogP contribution in [0.25, 0.3) is 0 Å². The Balaban J connectivity index is 2.52. The molecule has 4 N–H and O–H groups in total. The van der Waals surface area contributed by atoms with Gasteiger partial charge in [0.05, 0.1) is 24.8 Å². The fraction of sp³-hybridized carbons (Fsp3) is 0.917. The van der Waals surface area contributed by atoms with E-state index in [-0.39, 0.29) is 25.2 Å². The second-order valence-electron chi connectivity index (χ2n) is 5.17. The van der Waals surface area contributed by atoms with Crippen molar-refractivity contribution in [2.24, 2.45) is 5.92 Å². The number of amides is 1. The minimum Gasteiger partial charge on any atom is -0.394 e. The summed E-state index contributed by atoms with van der Waals surface area (Å²) < 4.78 is 0. The average Bonchev–Trinajstić information content (AvgIpc) is 2.38. The molecule has 1 rings (SSSR count). The number of carbonyl (C=O) groups excluding carboxylic acids is 1. The number of carbonyl (C=O) groups is 1. The highest BCUT2D eigenvalue weighted by Crippen LogP contribution is 2.19. The molecule has 1 aliphatic rings. The molecule has 0 bridgehead atoms. The number of aliphatic hydroxyl groups is 2. The topological polar surface area (TPSA) is 81.6 Å². The molecule has 1 aliphatic heterocycles. The molecule has 5 nitrogen and oxygen atoms in total. The normalized spacial score (nSPS) is 25.6. The number of hydrogen-bond acceptors (Lipinski definition) is 4. The zero-order chi connectivity index (χ0) is 12.9. The number of rotatable bonds is 5. The van der Waals surface area contributed by atoms with Gasteiger partial charge in [-0.2, -0.15) is 0 Å². The Bertz CT molecular complexity index is 254. The van der Waals surface area contributed by atoms with Gasteiger partial charge in [-0.05, 0) is 32.2 Å². The first-order valence-electron chi connectivity index (χ1n) is 6.31. The maximum absolute atomic E-state index is 12.0. The molecule has 0 aromatic rings. The van der Waals surface area contributed by atoms with Gasteiger partial charge in [0.25, 0.3) is 0 Å². The van der Waals surface area contributed by atoms with Gasteiger partial charge < -0.3 is 20.8 Å². The Morgan fingerprint density at radius 3 is 2.65 bits per heavy atom. The molecule has 0 aromatic heterocycles. The number of nitrogens with one attached hydrogen (secondary N) is 2. The van der Waals surface area contributed by atoms with E-state index in [1.54, 1.807) is 6.92 Å². The number of aliphatic hydroxyl groups excluding tert-OH is 2. The zero-order valence-corrected chi connectivity index (χ0v) is 10.7. The van der Waals surface area contributed by atoms with Crippen LogP contribution < -0.4 is 10.6 Å². The van der Waals surface area contributed by atoms with Crippen molar-refractivity contribution in [3.8, 4) is 0 Å². The molecule has 100 valence electrons. The molecule has 5 heteroatoms. The van der Waals surface area contributed by atoms with E-state index in [1.165, 1.54) is 0 Å². The largest absolute Gasteiger partial charge is 0.394 e. The highest BCUT2D eigenvalue weighted by atomic mass is 16.3. The van der Waals surface area contributed by atoms with Crippen LogP contribution in [0.3, 0.4) is 0 Å². The van der Waals surface area contributed by atoms with Gasteiger partial charge in [0.15, 0.2) is 0 Å². The number of piperidine rings is 1. The summed E-state index contributed by atoms with van der Waals surface area (Å²) in [5, 5.41) is 24.2. The summed E-state index contributed by atoms with van der Waals surface area (Å²) >= 11 is 0. The molecule has 1 saturated heterocycles. The first-order valence-corrected chi connectivity index (χ1v) is 6.31. The summed E-state index contributed by atoms with van der Waals surface area (Å²) in [6.07, 6.45) is 3.02. The summed E-state index contributed by atoms with van der Waals surface area (Å²) in [6, 6.07) is -0.203. The van der Waals surface area contributed by atoms with E-state index in [0.717, 1.165) is 25.8 Å². The fourth-order valence-electron chi connectivity index (χ4n) is 2.08. The summed E-state index contributed by atoms with van der Waals surface area (Å²) in [4.78, 5) is 12.0. The average molecular weight is 244 g/mol. The monoisotopic (exact) mass is 244 g/mol. The van der Waals surface area contributed by atoms with E-state index in [9.17, 15) is 4.79 Å². The summed E-state index contributed by atoms with van der Waals surface area (Å²) in [5.74, 6) is 0.454. The third-order valence-corrected chi connectivity index (χ3v) is 3.53. The van der Waals surface area contributed by atoms with Crippen LogP contribution in [-0.2, 0) is 4.79 Å². The van der Waals surface area contributed by atoms with E-state index < -0.39 is 5.54 Å². The van der Waals surface area contributed by atoms with Crippen LogP contribution in [0.4, 0.5) is 0 Å². The lowest BCUT2D eigenvalue weighted by Gasteiger charge is -2.33. The molecular weight excluding hydrogens is 220 g/mol. The van der Waals surface area contributed by atoms with Crippen LogP contribution in [0.1, 0.15) is 33.1 Å². The molecule has 1 amide bonds. The molecule has 0 aromatic carbocycles. The fourth-order valence-corrected chi connectivity index (χ4v) is 2.08. The van der Waals surface area contributed by atoms with Crippen molar-refractivity contribution in [3.05, 3.63) is 0 Å². The second-order valence-corrected chi connectivity index (χ2v) is 5.17. The number of hydrogen-bond donors (Lipinski definition) is 4. The molecule has 2 atom stereocenters. The summed E-state index contributed by atoms with van der Waals surface area (Å²) in [7, 11) is 0. The van der Waals surface area contributed by atoms with Crippen molar-refractivity contribution in [1.82, 2.24) is 10.6 Å². The van der Waals surface area contributed by atoms with Gasteiger partial charge in [0.1, 0.15) is 0 Å². The second kappa shape index (κ2) is 6.33. The predicted molar refractivity (Wildman–Crippen MR) is 65.5 cm³/mol. The zero-order valence-electron chi connectivity index (χ0n) is 10.7. The van der Waals surface area contributed by atoms with Gasteiger partial charge in [-0.25, -0.2) is 0 Å². The Labute approximate surface area is 103 Å². The molecule has 0 saturated carbocycles. The van der Waals surface area contributed by atoms with Gasteiger partial charge in [-0.3, -0.25) is 4.79 Å². The van der Waals surface area contributed by atoms with Crippen molar-refractivity contribution in [1.29, 1.82) is 0 Å². The van der Waals surface area contributed by atoms with Crippen molar-refractivity contribution in [3.63, 3.8) is 0 Å². The molecule has 2 unspecified atom stereocenters. The Morgan fingerprint density at radius 1 is 1.47 bits per heavy atom. The third-order valence-electron chi connectivity index (χ3n) is 3.53. The minimum absolute atomic E-state index is 0.131. The van der Waals surface area contributed by atoms with E-state index in [1.807, 2.05) is 0 Å². The van der Waals surface area contributed by atoms with Gasteiger partial charge >= 0.3 is 0 Å². The van der Waals surface area contributed by atoms with E-state index >= 15 is 0 Å². The van der Waals surface area contributed by atoms with Crippen LogP contribution in [0.5, 0.6) is 0 Å². The quantitative estimate of drug-likeness (QED) is 0.531. The highest BCUT2D eigenvalue weighted by Gasteiger charge is 2.31. The predicted octanol–water partition coefficient (Wildman–Crippen LogP) is -0.376. The third kappa shape index (κ3) is 3.94. The molecule has 0 spiro atoms. The van der Waals surface area contributed by atoms with Gasteiger partial charge in [-0.15, -0.1) is 0 Å². The molecule has 0 aliphatic carbocycles. The van der Waals surface area contributed by atoms with Crippen molar-refractivity contribution in [2.75, 3.05) is 19.8 Å². The lowest BCUT2D eigenvalue weighted by molar-refractivity contribution is -0.127. The van der Waals surface area contributed by atoms with Crippen molar-refractivity contribution >= 4 is 5.91 Å². The first-order chi connectivity index (χ1) is 8.04. The smallest absolute Gasteiger partial charge is 0.237 e.